The molecular weight excluding hydrogens is 259 g/mol. The van der Waals surface area contributed by atoms with E-state index in [0.717, 1.165) is 0 Å². The first-order chi connectivity index (χ1) is 8.25. The average Bonchev–Trinajstić information content (AvgIpc) is 2.76. The molecule has 0 atom stereocenters. The molecule has 0 aliphatic heterocycles. The standard InChI is InChI=1S/C10H8N6O.K.H/c1-7-12-14-16(13-7)8-3-2-6-15-9(17)4-5-11-10(8)15;;/h2-6H,1H3;;. The van der Waals surface area contributed by atoms with Crippen LogP contribution in [0.2, 0.25) is 0 Å². The van der Waals surface area contributed by atoms with Crippen molar-refractivity contribution >= 4 is 57.0 Å². The quantitative estimate of drug-likeness (QED) is 0.547. The van der Waals surface area contributed by atoms with Crippen molar-refractivity contribution in [3.63, 3.8) is 0 Å². The summed E-state index contributed by atoms with van der Waals surface area (Å²) >= 11 is 0. The Bertz CT molecular complexity index is 749. The molecule has 0 aliphatic rings. The molecule has 0 aromatic carbocycles. The second-order valence-corrected chi connectivity index (χ2v) is 3.50. The summed E-state index contributed by atoms with van der Waals surface area (Å²) in [4.78, 5) is 17.1. The molecule has 0 bridgehead atoms. The van der Waals surface area contributed by atoms with Crippen LogP contribution in [0.4, 0.5) is 0 Å². The summed E-state index contributed by atoms with van der Waals surface area (Å²) in [5.41, 5.74) is 0.969. The molecule has 0 unspecified atom stereocenters. The van der Waals surface area contributed by atoms with Gasteiger partial charge in [-0.25, -0.2) is 4.98 Å². The van der Waals surface area contributed by atoms with Gasteiger partial charge in [0.05, 0.1) is 0 Å². The maximum atomic E-state index is 11.6. The number of aromatic nitrogens is 6. The number of hydrogen-bond acceptors (Lipinski definition) is 5. The van der Waals surface area contributed by atoms with Crippen molar-refractivity contribution in [3.8, 4) is 5.69 Å². The molecule has 0 aliphatic carbocycles. The minimum atomic E-state index is -0.145. The van der Waals surface area contributed by atoms with E-state index in [4.69, 9.17) is 0 Å². The maximum absolute atomic E-state index is 11.6. The van der Waals surface area contributed by atoms with Gasteiger partial charge in [0.1, 0.15) is 5.69 Å². The Labute approximate surface area is 144 Å². The number of nitrogens with zero attached hydrogens (tertiary/aromatic N) is 6. The van der Waals surface area contributed by atoms with Gasteiger partial charge in [-0.05, 0) is 24.3 Å². The van der Waals surface area contributed by atoms with Gasteiger partial charge in [-0.1, -0.05) is 0 Å². The Morgan fingerprint density at radius 1 is 1.28 bits per heavy atom. The third-order valence-corrected chi connectivity index (χ3v) is 2.33. The van der Waals surface area contributed by atoms with Crippen molar-refractivity contribution in [1.29, 1.82) is 0 Å². The SMILES string of the molecule is Cc1nnn(-c2cccn3c(=O)ccnc23)n1.[KH]. The number of rotatable bonds is 1. The molecule has 3 heterocycles. The van der Waals surface area contributed by atoms with Crippen LogP contribution >= 0.6 is 0 Å². The van der Waals surface area contributed by atoms with Gasteiger partial charge >= 0.3 is 51.4 Å². The summed E-state index contributed by atoms with van der Waals surface area (Å²) in [7, 11) is 0. The van der Waals surface area contributed by atoms with Gasteiger partial charge in [0.2, 0.25) is 0 Å². The first kappa shape index (κ1) is 13.5. The molecule has 0 N–H and O–H groups in total. The van der Waals surface area contributed by atoms with E-state index in [1.165, 1.54) is 21.5 Å². The Morgan fingerprint density at radius 2 is 2.11 bits per heavy atom. The predicted molar refractivity (Wildman–Crippen MR) is 66.1 cm³/mol. The molecule has 0 radical (unpaired) electrons. The monoisotopic (exact) mass is 268 g/mol. The normalized spacial score (nSPS) is 10.3. The molecule has 0 saturated heterocycles. The van der Waals surface area contributed by atoms with Crippen molar-refractivity contribution in [1.82, 2.24) is 29.6 Å². The van der Waals surface area contributed by atoms with E-state index in [0.29, 0.717) is 17.2 Å². The summed E-state index contributed by atoms with van der Waals surface area (Å²) < 4.78 is 1.44. The van der Waals surface area contributed by atoms with Crippen molar-refractivity contribution < 1.29 is 0 Å². The second kappa shape index (κ2) is 5.37. The molecule has 8 heteroatoms. The Kier molecular flexibility index (Phi) is 4.02. The van der Waals surface area contributed by atoms with Crippen molar-refractivity contribution in [2.45, 2.75) is 6.92 Å². The van der Waals surface area contributed by atoms with E-state index in [1.54, 1.807) is 25.3 Å². The predicted octanol–water partition coefficient (Wildman–Crippen LogP) is -0.670. The van der Waals surface area contributed by atoms with Gasteiger partial charge in [-0.3, -0.25) is 9.20 Å². The van der Waals surface area contributed by atoms with E-state index in [-0.39, 0.29) is 56.9 Å². The molecule has 7 nitrogen and oxygen atoms in total. The minimum absolute atomic E-state index is 0. The van der Waals surface area contributed by atoms with Crippen LogP contribution in [-0.2, 0) is 0 Å². The van der Waals surface area contributed by atoms with E-state index >= 15 is 0 Å². The Balaban J connectivity index is 0.00000120. The van der Waals surface area contributed by atoms with Crippen LogP contribution in [0.1, 0.15) is 5.82 Å². The van der Waals surface area contributed by atoms with E-state index in [2.05, 4.69) is 20.4 Å². The van der Waals surface area contributed by atoms with Crippen LogP contribution in [0.3, 0.4) is 0 Å². The molecular formula is C10H9KN6O. The molecule has 3 aromatic heterocycles. The van der Waals surface area contributed by atoms with E-state index in [9.17, 15) is 4.79 Å². The van der Waals surface area contributed by atoms with Crippen molar-refractivity contribution in [3.05, 3.63) is 46.8 Å². The molecule has 0 saturated carbocycles. The summed E-state index contributed by atoms with van der Waals surface area (Å²) in [6, 6.07) is 4.92. The van der Waals surface area contributed by atoms with Crippen LogP contribution in [0.15, 0.2) is 35.4 Å². The molecule has 0 fully saturated rings. The van der Waals surface area contributed by atoms with Crippen molar-refractivity contribution in [2.24, 2.45) is 0 Å². The first-order valence-electron chi connectivity index (χ1n) is 4.99. The summed E-state index contributed by atoms with van der Waals surface area (Å²) in [5.74, 6) is 0.560. The fraction of sp³-hybridized carbons (Fsp3) is 0.100. The summed E-state index contributed by atoms with van der Waals surface area (Å²) in [6.45, 7) is 1.74. The average molecular weight is 268 g/mol. The van der Waals surface area contributed by atoms with Crippen molar-refractivity contribution in [2.75, 3.05) is 0 Å². The zero-order valence-electron chi connectivity index (χ0n) is 8.98. The van der Waals surface area contributed by atoms with Crippen LogP contribution in [-0.4, -0.2) is 81.0 Å². The van der Waals surface area contributed by atoms with Crippen LogP contribution in [0.5, 0.6) is 0 Å². The third-order valence-electron chi connectivity index (χ3n) is 2.33. The fourth-order valence-corrected chi connectivity index (χ4v) is 1.59. The molecule has 86 valence electrons. The van der Waals surface area contributed by atoms with Crippen LogP contribution < -0.4 is 5.56 Å². The number of aryl methyl sites for hydroxylation is 1. The molecule has 0 amide bonds. The zero-order valence-corrected chi connectivity index (χ0v) is 8.98. The number of fused-ring (bicyclic) bond motifs is 1. The van der Waals surface area contributed by atoms with Gasteiger partial charge in [0.25, 0.3) is 5.56 Å². The Hall–Kier alpha value is -0.934. The number of tetrazole rings is 1. The van der Waals surface area contributed by atoms with Crippen LogP contribution in [0, 0.1) is 6.92 Å². The summed E-state index contributed by atoms with van der Waals surface area (Å²) in [6.07, 6.45) is 3.11. The number of hydrogen-bond donors (Lipinski definition) is 0. The molecule has 0 spiro atoms. The van der Waals surface area contributed by atoms with Gasteiger partial charge in [0.15, 0.2) is 11.5 Å². The summed E-state index contributed by atoms with van der Waals surface area (Å²) in [5, 5.41) is 11.8. The second-order valence-electron chi connectivity index (χ2n) is 3.50. The van der Waals surface area contributed by atoms with Gasteiger partial charge < -0.3 is 0 Å². The first-order valence-corrected chi connectivity index (χ1v) is 4.99. The Morgan fingerprint density at radius 3 is 2.83 bits per heavy atom. The van der Waals surface area contributed by atoms with Gasteiger partial charge in [-0.2, -0.15) is 0 Å². The third kappa shape index (κ3) is 2.29. The van der Waals surface area contributed by atoms with Gasteiger partial charge in [0, 0.05) is 18.5 Å². The molecule has 3 rings (SSSR count). The molecule has 3 aromatic rings. The topological polar surface area (TPSA) is 78.0 Å². The van der Waals surface area contributed by atoms with Crippen LogP contribution in [0.25, 0.3) is 11.3 Å². The zero-order chi connectivity index (χ0) is 11.8. The van der Waals surface area contributed by atoms with E-state index < -0.39 is 0 Å². The number of pyridine rings is 1. The van der Waals surface area contributed by atoms with Gasteiger partial charge in [-0.15, -0.1) is 15.0 Å². The fourth-order valence-electron chi connectivity index (χ4n) is 1.59. The molecule has 18 heavy (non-hydrogen) atoms. The van der Waals surface area contributed by atoms with E-state index in [1.807, 2.05) is 0 Å².